The first-order valence-electron chi connectivity index (χ1n) is 4.57. The summed E-state index contributed by atoms with van der Waals surface area (Å²) in [6.45, 7) is 1.63. The largest absolute Gasteiger partial charge is 0.451 e. The summed E-state index contributed by atoms with van der Waals surface area (Å²) in [5.74, 6) is -0.537. The first-order chi connectivity index (χ1) is 7.54. The smallest absolute Gasteiger partial charge is 0.336 e. The lowest BCUT2D eigenvalue weighted by molar-refractivity contribution is -0.148. The fourth-order valence-electron chi connectivity index (χ4n) is 1.29. The molecule has 5 heteroatoms. The molecule has 1 aromatic rings. The Balaban J connectivity index is 2.13. The van der Waals surface area contributed by atoms with Crippen LogP contribution in [0.3, 0.4) is 0 Å². The molecule has 0 amide bonds. The third kappa shape index (κ3) is 2.41. The minimum absolute atomic E-state index is 0.302. The van der Waals surface area contributed by atoms with E-state index in [-0.39, 0.29) is 0 Å². The molecule has 16 heavy (non-hydrogen) atoms. The van der Waals surface area contributed by atoms with E-state index in [1.165, 1.54) is 12.1 Å². The van der Waals surface area contributed by atoms with E-state index in [4.69, 9.17) is 9.47 Å². The van der Waals surface area contributed by atoms with Gasteiger partial charge in [-0.05, 0) is 19.1 Å². The SMILES string of the molecule is CC1=CC(Oc2cc(F)cc(Br)c2)OC1=O. The zero-order valence-electron chi connectivity index (χ0n) is 8.37. The predicted octanol–water partition coefficient (Wildman–Crippen LogP) is 2.80. The van der Waals surface area contributed by atoms with Crippen LogP contribution in [0.2, 0.25) is 0 Å². The maximum atomic E-state index is 13.0. The monoisotopic (exact) mass is 286 g/mol. The molecule has 0 bridgehead atoms. The summed E-state index contributed by atoms with van der Waals surface area (Å²) < 4.78 is 23.7. The molecule has 1 unspecified atom stereocenters. The molecule has 1 aliphatic heterocycles. The first kappa shape index (κ1) is 11.1. The van der Waals surface area contributed by atoms with E-state index in [1.54, 1.807) is 19.1 Å². The standard InChI is InChI=1S/C11H8BrFO3/c1-6-2-10(16-11(6)14)15-9-4-7(12)3-8(13)5-9/h2-5,10H,1H3. The quantitative estimate of drug-likeness (QED) is 0.785. The van der Waals surface area contributed by atoms with Crippen molar-refractivity contribution in [2.75, 3.05) is 0 Å². The van der Waals surface area contributed by atoms with Crippen LogP contribution in [0.4, 0.5) is 4.39 Å². The van der Waals surface area contributed by atoms with Gasteiger partial charge in [0.05, 0.1) is 0 Å². The second-order valence-electron chi connectivity index (χ2n) is 3.35. The lowest BCUT2D eigenvalue weighted by Gasteiger charge is -2.11. The number of carbonyl (C=O) groups is 1. The molecule has 0 radical (unpaired) electrons. The Labute approximate surface area is 100.0 Å². The van der Waals surface area contributed by atoms with Crippen molar-refractivity contribution in [2.45, 2.75) is 13.2 Å². The van der Waals surface area contributed by atoms with Crippen molar-refractivity contribution in [3.8, 4) is 5.75 Å². The molecule has 0 saturated carbocycles. The molecule has 0 N–H and O–H groups in total. The summed E-state index contributed by atoms with van der Waals surface area (Å²) >= 11 is 3.14. The normalized spacial score (nSPS) is 19.3. The number of carbonyl (C=O) groups excluding carboxylic acids is 1. The third-order valence-electron chi connectivity index (χ3n) is 2.02. The van der Waals surface area contributed by atoms with E-state index in [0.29, 0.717) is 15.8 Å². The molecule has 84 valence electrons. The Bertz CT molecular complexity index is 450. The minimum atomic E-state index is -0.777. The van der Waals surface area contributed by atoms with Gasteiger partial charge in [-0.1, -0.05) is 15.9 Å². The van der Waals surface area contributed by atoms with Crippen LogP contribution in [-0.2, 0) is 9.53 Å². The maximum Gasteiger partial charge on any atom is 0.336 e. The van der Waals surface area contributed by atoms with Gasteiger partial charge in [0.15, 0.2) is 0 Å². The van der Waals surface area contributed by atoms with Crippen LogP contribution in [0.5, 0.6) is 5.75 Å². The third-order valence-corrected chi connectivity index (χ3v) is 2.48. The Morgan fingerprint density at radius 3 is 2.75 bits per heavy atom. The molecule has 1 aromatic carbocycles. The van der Waals surface area contributed by atoms with E-state index in [9.17, 15) is 9.18 Å². The molecule has 2 rings (SSSR count). The van der Waals surface area contributed by atoms with E-state index in [1.807, 2.05) is 0 Å². The number of benzene rings is 1. The fraction of sp³-hybridized carbons (Fsp3) is 0.182. The zero-order chi connectivity index (χ0) is 11.7. The van der Waals surface area contributed by atoms with Crippen LogP contribution in [0.25, 0.3) is 0 Å². The Morgan fingerprint density at radius 2 is 2.19 bits per heavy atom. The molecule has 0 aromatic heterocycles. The summed E-state index contributed by atoms with van der Waals surface area (Å²) in [6, 6.07) is 4.13. The van der Waals surface area contributed by atoms with Gasteiger partial charge >= 0.3 is 5.97 Å². The van der Waals surface area contributed by atoms with Crippen molar-refractivity contribution in [3.05, 3.63) is 40.1 Å². The molecule has 0 spiro atoms. The Morgan fingerprint density at radius 1 is 1.44 bits per heavy atom. The Hall–Kier alpha value is -1.36. The molecule has 0 saturated heterocycles. The summed E-state index contributed by atoms with van der Waals surface area (Å²) in [5, 5.41) is 0. The summed E-state index contributed by atoms with van der Waals surface area (Å²) in [5.41, 5.74) is 0.487. The van der Waals surface area contributed by atoms with Gasteiger partial charge in [0.1, 0.15) is 11.6 Å². The van der Waals surface area contributed by atoms with Crippen LogP contribution in [0, 0.1) is 5.82 Å². The Kier molecular flexibility index (Phi) is 2.96. The molecule has 1 aliphatic rings. The summed E-state index contributed by atoms with van der Waals surface area (Å²) in [7, 11) is 0. The zero-order valence-corrected chi connectivity index (χ0v) is 9.95. The molecule has 1 heterocycles. The minimum Gasteiger partial charge on any atom is -0.451 e. The number of ether oxygens (including phenoxy) is 2. The highest BCUT2D eigenvalue weighted by atomic mass is 79.9. The van der Waals surface area contributed by atoms with Gasteiger partial charge in [-0.15, -0.1) is 0 Å². The lowest BCUT2D eigenvalue weighted by atomic mass is 10.3. The maximum absolute atomic E-state index is 13.0. The van der Waals surface area contributed by atoms with E-state index < -0.39 is 18.1 Å². The summed E-state index contributed by atoms with van der Waals surface area (Å²) in [4.78, 5) is 11.1. The second kappa shape index (κ2) is 4.25. The highest BCUT2D eigenvalue weighted by Gasteiger charge is 2.23. The second-order valence-corrected chi connectivity index (χ2v) is 4.26. The van der Waals surface area contributed by atoms with Gasteiger partial charge in [0.2, 0.25) is 0 Å². The van der Waals surface area contributed by atoms with Crippen LogP contribution in [0.15, 0.2) is 34.3 Å². The highest BCUT2D eigenvalue weighted by Crippen LogP contribution is 2.24. The van der Waals surface area contributed by atoms with Crippen LogP contribution >= 0.6 is 15.9 Å². The van der Waals surface area contributed by atoms with Gasteiger partial charge in [0.25, 0.3) is 6.29 Å². The van der Waals surface area contributed by atoms with Gasteiger partial charge in [-0.3, -0.25) is 0 Å². The average molecular weight is 287 g/mol. The topological polar surface area (TPSA) is 35.5 Å². The van der Waals surface area contributed by atoms with Crippen LogP contribution < -0.4 is 4.74 Å². The van der Waals surface area contributed by atoms with Crippen molar-refractivity contribution in [1.29, 1.82) is 0 Å². The molecule has 0 fully saturated rings. The molecular weight excluding hydrogens is 279 g/mol. The van der Waals surface area contributed by atoms with Crippen molar-refractivity contribution < 1.29 is 18.7 Å². The number of rotatable bonds is 2. The van der Waals surface area contributed by atoms with E-state index >= 15 is 0 Å². The van der Waals surface area contributed by atoms with Crippen molar-refractivity contribution in [3.63, 3.8) is 0 Å². The number of halogens is 2. The summed E-state index contributed by atoms with van der Waals surface area (Å²) in [6.07, 6.45) is 0.766. The predicted molar refractivity (Wildman–Crippen MR) is 58.4 cm³/mol. The van der Waals surface area contributed by atoms with Gasteiger partial charge < -0.3 is 9.47 Å². The first-order valence-corrected chi connectivity index (χ1v) is 5.36. The number of cyclic esters (lactones) is 1. The molecule has 0 aliphatic carbocycles. The van der Waals surface area contributed by atoms with Crippen molar-refractivity contribution >= 4 is 21.9 Å². The number of hydrogen-bond acceptors (Lipinski definition) is 3. The van der Waals surface area contributed by atoms with Gasteiger partial charge in [-0.25, -0.2) is 9.18 Å². The van der Waals surface area contributed by atoms with Crippen molar-refractivity contribution in [2.24, 2.45) is 0 Å². The van der Waals surface area contributed by atoms with E-state index in [2.05, 4.69) is 15.9 Å². The van der Waals surface area contributed by atoms with Gasteiger partial charge in [-0.2, -0.15) is 0 Å². The van der Waals surface area contributed by atoms with Gasteiger partial charge in [0, 0.05) is 22.2 Å². The number of hydrogen-bond donors (Lipinski definition) is 0. The number of esters is 1. The van der Waals surface area contributed by atoms with E-state index in [0.717, 1.165) is 0 Å². The average Bonchev–Trinajstić information content (AvgIpc) is 2.43. The van der Waals surface area contributed by atoms with Crippen molar-refractivity contribution in [1.82, 2.24) is 0 Å². The molecule has 1 atom stereocenters. The molecule has 3 nitrogen and oxygen atoms in total. The molecular formula is C11H8BrFO3. The lowest BCUT2D eigenvalue weighted by Crippen LogP contribution is -2.15. The highest BCUT2D eigenvalue weighted by molar-refractivity contribution is 9.10. The fourth-order valence-corrected chi connectivity index (χ4v) is 1.74. The van der Waals surface area contributed by atoms with Crippen LogP contribution in [0.1, 0.15) is 6.92 Å². The van der Waals surface area contributed by atoms with Crippen LogP contribution in [-0.4, -0.2) is 12.3 Å².